The average molecular weight is 551 g/mol. The normalized spacial score (nSPS) is 36.8. The fraction of sp³-hybridized carbons (Fsp3) is 0.867. The van der Waals surface area contributed by atoms with E-state index in [4.69, 9.17) is 14.2 Å². The van der Waals surface area contributed by atoms with Gasteiger partial charge in [0.05, 0.1) is 34.9 Å². The lowest BCUT2D eigenvalue weighted by atomic mass is 9.52. The Bertz CT molecular complexity index is 1020. The minimum absolute atomic E-state index is 0.0264. The highest BCUT2D eigenvalue weighted by molar-refractivity contribution is 5.83. The molecule has 5 fully saturated rings. The predicted octanol–water partition coefficient (Wildman–Crippen LogP) is 4.57. The van der Waals surface area contributed by atoms with E-state index in [0.29, 0.717) is 31.1 Å². The Balaban J connectivity index is 1.59. The van der Waals surface area contributed by atoms with Gasteiger partial charge < -0.3 is 24.4 Å². The fourth-order valence-corrected chi connectivity index (χ4v) is 8.29. The second kappa shape index (κ2) is 9.74. The number of ether oxygens (including phenoxy) is 3. The van der Waals surface area contributed by atoms with E-state index in [1.54, 1.807) is 34.6 Å². The Labute approximate surface area is 231 Å². The van der Waals surface area contributed by atoms with Gasteiger partial charge in [0.15, 0.2) is 0 Å². The maximum atomic E-state index is 13.9. The van der Waals surface area contributed by atoms with Crippen LogP contribution in [0.5, 0.6) is 0 Å². The molecule has 220 valence electrons. The van der Waals surface area contributed by atoms with Crippen LogP contribution >= 0.6 is 0 Å². The highest BCUT2D eigenvalue weighted by atomic mass is 16.6. The molecule has 1 aliphatic heterocycles. The number of carboxylic acid groups (broad SMARTS) is 1. The van der Waals surface area contributed by atoms with Crippen LogP contribution in [0.25, 0.3) is 0 Å². The molecule has 9 heteroatoms. The van der Waals surface area contributed by atoms with Crippen LogP contribution in [0.3, 0.4) is 0 Å². The summed E-state index contributed by atoms with van der Waals surface area (Å²) in [6.07, 6.45) is 5.11. The van der Waals surface area contributed by atoms with Crippen molar-refractivity contribution in [2.24, 2.45) is 28.1 Å². The summed E-state index contributed by atoms with van der Waals surface area (Å²) < 4.78 is 17.3. The number of carbonyl (C=O) groups is 4. The number of aliphatic hydroxyl groups is 1. The summed E-state index contributed by atoms with van der Waals surface area (Å²) in [6.45, 7) is 10.2. The van der Waals surface area contributed by atoms with Crippen LogP contribution in [-0.2, 0) is 33.4 Å². The van der Waals surface area contributed by atoms with E-state index in [2.05, 4.69) is 0 Å². The molecular weight excluding hydrogens is 504 g/mol. The van der Waals surface area contributed by atoms with Gasteiger partial charge in [-0.15, -0.1) is 0 Å². The van der Waals surface area contributed by atoms with E-state index in [9.17, 15) is 29.4 Å². The van der Waals surface area contributed by atoms with E-state index in [-0.39, 0.29) is 25.9 Å². The first-order chi connectivity index (χ1) is 17.8. The van der Waals surface area contributed by atoms with Gasteiger partial charge in [0, 0.05) is 12.8 Å². The molecule has 1 saturated heterocycles. The van der Waals surface area contributed by atoms with Gasteiger partial charge in [0.1, 0.15) is 11.2 Å². The summed E-state index contributed by atoms with van der Waals surface area (Å²) in [6, 6.07) is 0. The molecule has 39 heavy (non-hydrogen) atoms. The summed E-state index contributed by atoms with van der Waals surface area (Å²) in [5, 5.41) is 21.0. The van der Waals surface area contributed by atoms with Crippen molar-refractivity contribution in [3.05, 3.63) is 0 Å². The number of cyclic esters (lactones) is 1. The van der Waals surface area contributed by atoms with Crippen LogP contribution in [0.2, 0.25) is 0 Å². The van der Waals surface area contributed by atoms with Crippen LogP contribution in [-0.4, -0.2) is 57.5 Å². The molecule has 9 nitrogen and oxygen atoms in total. The molecule has 0 aromatic heterocycles. The van der Waals surface area contributed by atoms with Gasteiger partial charge in [-0.3, -0.25) is 19.2 Å². The van der Waals surface area contributed by atoms with Crippen molar-refractivity contribution in [2.45, 2.75) is 129 Å². The molecule has 5 rings (SSSR count). The average Bonchev–Trinajstić information content (AvgIpc) is 2.75. The summed E-state index contributed by atoms with van der Waals surface area (Å²) in [5.41, 5.74) is -6.27. The molecule has 4 aliphatic carbocycles. The SMILES string of the molecule is CCC(C)(CC(C)(CC(C)(C)C(=O)O)C(=O)OC1(C)CCOC(=O)C1)C(=O)OC12CC3CC(CC(O)(C3)C1)C2. The maximum absolute atomic E-state index is 13.9. The molecular formula is C30H46O9. The Morgan fingerprint density at radius 2 is 1.56 bits per heavy atom. The van der Waals surface area contributed by atoms with Gasteiger partial charge in [-0.2, -0.15) is 0 Å². The van der Waals surface area contributed by atoms with Gasteiger partial charge in [-0.25, -0.2) is 0 Å². The Morgan fingerprint density at radius 1 is 0.974 bits per heavy atom. The maximum Gasteiger partial charge on any atom is 0.312 e. The minimum atomic E-state index is -1.35. The van der Waals surface area contributed by atoms with Gasteiger partial charge in [-0.05, 0) is 97.8 Å². The van der Waals surface area contributed by atoms with Gasteiger partial charge in [0.2, 0.25) is 0 Å². The molecule has 0 radical (unpaired) electrons. The van der Waals surface area contributed by atoms with Crippen molar-refractivity contribution in [2.75, 3.05) is 6.61 Å². The molecule has 5 atom stereocenters. The smallest absolute Gasteiger partial charge is 0.312 e. The lowest BCUT2D eigenvalue weighted by Gasteiger charge is -2.59. The van der Waals surface area contributed by atoms with Crippen molar-refractivity contribution < 1.29 is 43.6 Å². The standard InChI is InChI=1S/C30H46O9/c1-7-26(4,23(34)39-30-13-19-10-20(14-30)12-29(36,11-19)18-30)17-27(5,16-25(2,3)22(32)33)24(35)38-28(6)8-9-37-21(31)15-28/h19-20,36H,7-18H2,1-6H3,(H,32,33). The fourth-order valence-electron chi connectivity index (χ4n) is 8.29. The summed E-state index contributed by atoms with van der Waals surface area (Å²) >= 11 is 0. The molecule has 4 saturated carbocycles. The zero-order valence-corrected chi connectivity index (χ0v) is 24.4. The van der Waals surface area contributed by atoms with Crippen molar-refractivity contribution in [1.29, 1.82) is 0 Å². The number of esters is 3. The van der Waals surface area contributed by atoms with Crippen molar-refractivity contribution in [3.63, 3.8) is 0 Å². The zero-order valence-electron chi connectivity index (χ0n) is 24.4. The first kappa shape index (κ1) is 29.8. The number of carboxylic acids is 1. The molecule has 1 heterocycles. The Kier molecular flexibility index (Phi) is 7.44. The minimum Gasteiger partial charge on any atom is -0.481 e. The zero-order chi connectivity index (χ0) is 29.1. The van der Waals surface area contributed by atoms with E-state index in [0.717, 1.165) is 32.1 Å². The van der Waals surface area contributed by atoms with Crippen molar-refractivity contribution in [3.8, 4) is 0 Å². The first-order valence-corrected chi connectivity index (χ1v) is 14.4. The van der Waals surface area contributed by atoms with Gasteiger partial charge >= 0.3 is 23.9 Å². The van der Waals surface area contributed by atoms with E-state index in [1.165, 1.54) is 0 Å². The van der Waals surface area contributed by atoms with Crippen LogP contribution < -0.4 is 0 Å². The number of hydrogen-bond acceptors (Lipinski definition) is 8. The Hall–Kier alpha value is -2.16. The monoisotopic (exact) mass is 550 g/mol. The first-order valence-electron chi connectivity index (χ1n) is 14.4. The molecule has 0 aromatic rings. The third-order valence-corrected chi connectivity index (χ3v) is 9.99. The molecule has 0 spiro atoms. The third-order valence-electron chi connectivity index (χ3n) is 9.99. The van der Waals surface area contributed by atoms with Gasteiger partial charge in [-0.1, -0.05) is 6.92 Å². The number of carbonyl (C=O) groups excluding carboxylic acids is 3. The lowest BCUT2D eigenvalue weighted by molar-refractivity contribution is -0.227. The number of rotatable bonds is 10. The molecule has 5 aliphatic rings. The summed E-state index contributed by atoms with van der Waals surface area (Å²) in [5.74, 6) is -1.88. The lowest BCUT2D eigenvalue weighted by Crippen LogP contribution is -2.61. The molecule has 2 N–H and O–H groups in total. The number of aliphatic carboxylic acids is 1. The number of hydrogen-bond donors (Lipinski definition) is 2. The van der Waals surface area contributed by atoms with Crippen LogP contribution in [0.4, 0.5) is 0 Å². The molecule has 5 unspecified atom stereocenters. The van der Waals surface area contributed by atoms with E-state index >= 15 is 0 Å². The van der Waals surface area contributed by atoms with Crippen LogP contribution in [0.1, 0.15) is 112 Å². The molecule has 0 aromatic carbocycles. The Morgan fingerprint density at radius 3 is 2.08 bits per heavy atom. The second-order valence-electron chi connectivity index (χ2n) is 14.8. The predicted molar refractivity (Wildman–Crippen MR) is 140 cm³/mol. The summed E-state index contributed by atoms with van der Waals surface area (Å²) in [4.78, 5) is 51.9. The van der Waals surface area contributed by atoms with E-state index in [1.807, 2.05) is 6.92 Å². The third kappa shape index (κ3) is 5.98. The molecule has 0 amide bonds. The molecule has 4 bridgehead atoms. The van der Waals surface area contributed by atoms with Crippen LogP contribution in [0.15, 0.2) is 0 Å². The second-order valence-corrected chi connectivity index (χ2v) is 14.8. The van der Waals surface area contributed by atoms with Crippen molar-refractivity contribution in [1.82, 2.24) is 0 Å². The highest BCUT2D eigenvalue weighted by Gasteiger charge is 2.60. The van der Waals surface area contributed by atoms with E-state index < -0.39 is 56.9 Å². The van der Waals surface area contributed by atoms with Crippen molar-refractivity contribution >= 4 is 23.9 Å². The summed E-state index contributed by atoms with van der Waals surface area (Å²) in [7, 11) is 0. The van der Waals surface area contributed by atoms with Crippen LogP contribution in [0, 0.1) is 28.1 Å². The topological polar surface area (TPSA) is 136 Å². The quantitative estimate of drug-likeness (QED) is 0.296. The highest BCUT2D eigenvalue weighted by Crippen LogP contribution is 2.59. The van der Waals surface area contributed by atoms with Gasteiger partial charge in [0.25, 0.3) is 0 Å². The largest absolute Gasteiger partial charge is 0.481 e.